The maximum atomic E-state index is 5.11. The summed E-state index contributed by atoms with van der Waals surface area (Å²) in [5, 5.41) is 2.52. The second-order valence-corrected chi connectivity index (χ2v) is 13.3. The van der Waals surface area contributed by atoms with E-state index in [9.17, 15) is 0 Å². The van der Waals surface area contributed by atoms with Crippen molar-refractivity contribution in [1.82, 2.24) is 4.57 Å². The fourth-order valence-corrected chi connectivity index (χ4v) is 8.70. The molecule has 0 bridgehead atoms. The van der Waals surface area contributed by atoms with Gasteiger partial charge < -0.3 is 4.57 Å². The Morgan fingerprint density at radius 3 is 2.14 bits per heavy atom. The Kier molecular flexibility index (Phi) is 6.32. The lowest BCUT2D eigenvalue weighted by atomic mass is 9.65. The van der Waals surface area contributed by atoms with E-state index in [1.807, 2.05) is 6.21 Å². The standard InChI is InChI=1S/C47H34N2/c1-3-14-32(15-4-1)26-28-43(34-16-5-2-6-17-34)48-31-33-27-29-44-38(30-33)37-20-13-24-42-46(37)49(44)45-25-12-11-23-41(45)47(42)39-21-9-7-18-35(39)36-19-8-10-22-40(36)47/h2-3,5-25,27-31H,1,4,26H2/b43-28-,48-31?. The minimum absolute atomic E-state index is 0.393. The number of benzene rings is 6. The molecular weight excluding hydrogens is 593 g/mol. The van der Waals surface area contributed by atoms with Crippen LogP contribution >= 0.6 is 0 Å². The quantitative estimate of drug-likeness (QED) is 0.169. The molecular formula is C47H34N2. The third-order valence-electron chi connectivity index (χ3n) is 10.7. The van der Waals surface area contributed by atoms with Gasteiger partial charge in [0, 0.05) is 17.0 Å². The lowest BCUT2D eigenvalue weighted by molar-refractivity contribution is 0.748. The van der Waals surface area contributed by atoms with Crippen molar-refractivity contribution in [1.29, 1.82) is 0 Å². The van der Waals surface area contributed by atoms with Gasteiger partial charge in [0.2, 0.25) is 0 Å². The van der Waals surface area contributed by atoms with Crippen LogP contribution in [0.2, 0.25) is 0 Å². The van der Waals surface area contributed by atoms with Gasteiger partial charge in [-0.3, -0.25) is 4.99 Å². The Labute approximate surface area is 286 Å². The molecule has 49 heavy (non-hydrogen) atoms. The summed E-state index contributed by atoms with van der Waals surface area (Å²) in [5.41, 5.74) is 16.0. The van der Waals surface area contributed by atoms with Gasteiger partial charge in [0.05, 0.1) is 27.8 Å². The largest absolute Gasteiger partial charge is 0.309 e. The highest BCUT2D eigenvalue weighted by molar-refractivity contribution is 6.14. The molecule has 0 N–H and O–H groups in total. The topological polar surface area (TPSA) is 17.3 Å². The number of aliphatic imine (C=N–C) groups is 1. The second kappa shape index (κ2) is 11.0. The van der Waals surface area contributed by atoms with Crippen LogP contribution in [-0.4, -0.2) is 10.8 Å². The van der Waals surface area contributed by atoms with Crippen LogP contribution < -0.4 is 0 Å². The highest BCUT2D eigenvalue weighted by Crippen LogP contribution is 2.60. The minimum atomic E-state index is -0.393. The average molecular weight is 627 g/mol. The number of aromatic nitrogens is 1. The van der Waals surface area contributed by atoms with Gasteiger partial charge in [0.15, 0.2) is 0 Å². The molecule has 0 amide bonds. The van der Waals surface area contributed by atoms with E-state index < -0.39 is 5.41 Å². The molecule has 0 fully saturated rings. The highest BCUT2D eigenvalue weighted by atomic mass is 15.0. The normalized spacial score (nSPS) is 15.5. The molecule has 2 heteroatoms. The van der Waals surface area contributed by atoms with Gasteiger partial charge in [-0.2, -0.15) is 0 Å². The van der Waals surface area contributed by atoms with Crippen LogP contribution in [0.15, 0.2) is 174 Å². The average Bonchev–Trinajstić information content (AvgIpc) is 3.66. The molecule has 0 saturated heterocycles. The molecule has 2 heterocycles. The summed E-state index contributed by atoms with van der Waals surface area (Å²) in [6.45, 7) is 0. The first kappa shape index (κ1) is 28.1. The molecule has 1 spiro atoms. The smallest absolute Gasteiger partial charge is 0.0754 e. The maximum Gasteiger partial charge on any atom is 0.0754 e. The molecule has 2 aliphatic carbocycles. The van der Waals surface area contributed by atoms with E-state index in [4.69, 9.17) is 4.99 Å². The summed E-state index contributed by atoms with van der Waals surface area (Å²) in [5.74, 6) is 0. The first-order chi connectivity index (χ1) is 24.3. The fraction of sp³-hybridized carbons (Fsp3) is 0.0851. The molecule has 3 aliphatic rings. The summed E-state index contributed by atoms with van der Waals surface area (Å²) < 4.78 is 2.51. The van der Waals surface area contributed by atoms with E-state index in [2.05, 4.69) is 168 Å². The van der Waals surface area contributed by atoms with Crippen LogP contribution in [0.4, 0.5) is 0 Å². The van der Waals surface area contributed by atoms with E-state index in [-0.39, 0.29) is 0 Å². The summed E-state index contributed by atoms with van der Waals surface area (Å²) in [6, 6.07) is 51.3. The number of rotatable bonds is 5. The predicted octanol–water partition coefficient (Wildman–Crippen LogP) is 11.6. The molecule has 0 radical (unpaired) electrons. The first-order valence-electron chi connectivity index (χ1n) is 17.3. The van der Waals surface area contributed by atoms with Crippen molar-refractivity contribution in [3.8, 4) is 16.8 Å². The van der Waals surface area contributed by atoms with Crippen molar-refractivity contribution < 1.29 is 0 Å². The highest BCUT2D eigenvalue weighted by Gasteiger charge is 2.50. The Hall–Kier alpha value is -5.99. The molecule has 0 unspecified atom stereocenters. The van der Waals surface area contributed by atoms with Gasteiger partial charge in [0.25, 0.3) is 0 Å². The number of nitrogens with zero attached hydrogens (tertiary/aromatic N) is 2. The van der Waals surface area contributed by atoms with Gasteiger partial charge in [-0.25, -0.2) is 0 Å². The molecule has 232 valence electrons. The molecule has 2 nitrogen and oxygen atoms in total. The van der Waals surface area contributed by atoms with Crippen LogP contribution in [0.5, 0.6) is 0 Å². The van der Waals surface area contributed by atoms with Gasteiger partial charge in [0.1, 0.15) is 0 Å². The van der Waals surface area contributed by atoms with Crippen LogP contribution in [0.25, 0.3) is 44.3 Å². The summed E-state index contributed by atoms with van der Waals surface area (Å²) in [6.07, 6.45) is 14.3. The number of fused-ring (bicyclic) bond motifs is 12. The Morgan fingerprint density at radius 1 is 0.653 bits per heavy atom. The predicted molar refractivity (Wildman–Crippen MR) is 205 cm³/mol. The molecule has 1 aliphatic heterocycles. The molecule has 7 aromatic rings. The fourth-order valence-electron chi connectivity index (χ4n) is 8.70. The van der Waals surface area contributed by atoms with E-state index in [1.54, 1.807) is 0 Å². The maximum absolute atomic E-state index is 5.11. The molecule has 6 aromatic carbocycles. The molecule has 0 atom stereocenters. The Morgan fingerprint density at radius 2 is 1.37 bits per heavy atom. The van der Waals surface area contributed by atoms with Gasteiger partial charge >= 0.3 is 0 Å². The van der Waals surface area contributed by atoms with Crippen molar-refractivity contribution in [3.05, 3.63) is 203 Å². The van der Waals surface area contributed by atoms with Crippen molar-refractivity contribution in [2.24, 2.45) is 4.99 Å². The van der Waals surface area contributed by atoms with Crippen molar-refractivity contribution in [2.75, 3.05) is 0 Å². The zero-order valence-corrected chi connectivity index (χ0v) is 27.2. The van der Waals surface area contributed by atoms with E-state index in [0.717, 1.165) is 36.1 Å². The van der Waals surface area contributed by atoms with Crippen molar-refractivity contribution >= 4 is 33.7 Å². The van der Waals surface area contributed by atoms with Gasteiger partial charge in [-0.15, -0.1) is 0 Å². The van der Waals surface area contributed by atoms with Crippen LogP contribution in [0, 0.1) is 0 Å². The zero-order chi connectivity index (χ0) is 32.4. The van der Waals surface area contributed by atoms with Crippen LogP contribution in [0.3, 0.4) is 0 Å². The lowest BCUT2D eigenvalue weighted by Crippen LogP contribution is -2.33. The SMILES string of the molecule is C1=CC(C/C=C(\N=Cc2ccc3c(c2)c2cccc4c2n3-c2ccccc2C42c3ccccc3-c3ccccc32)c2ccccc2)=CCC1. The molecule has 0 saturated carbocycles. The monoisotopic (exact) mass is 626 g/mol. The zero-order valence-electron chi connectivity index (χ0n) is 27.2. The third-order valence-corrected chi connectivity index (χ3v) is 10.7. The summed E-state index contributed by atoms with van der Waals surface area (Å²) in [4.78, 5) is 5.11. The summed E-state index contributed by atoms with van der Waals surface area (Å²) >= 11 is 0. The number of hydrogen-bond donors (Lipinski definition) is 0. The second-order valence-electron chi connectivity index (χ2n) is 13.3. The van der Waals surface area contributed by atoms with Gasteiger partial charge in [-0.1, -0.05) is 146 Å². The minimum Gasteiger partial charge on any atom is -0.309 e. The molecule has 1 aromatic heterocycles. The Bertz CT molecular complexity index is 2530. The Balaban J connectivity index is 1.17. The van der Waals surface area contributed by atoms with Crippen LogP contribution in [0.1, 0.15) is 52.6 Å². The number of allylic oxidation sites excluding steroid dienone is 5. The lowest BCUT2D eigenvalue weighted by Gasteiger charge is -2.39. The third kappa shape index (κ3) is 4.10. The number of para-hydroxylation sites is 2. The van der Waals surface area contributed by atoms with Crippen molar-refractivity contribution in [2.45, 2.75) is 24.7 Å². The summed E-state index contributed by atoms with van der Waals surface area (Å²) in [7, 11) is 0. The van der Waals surface area contributed by atoms with E-state index >= 15 is 0 Å². The van der Waals surface area contributed by atoms with Gasteiger partial charge in [-0.05, 0) is 87.5 Å². The van der Waals surface area contributed by atoms with E-state index in [0.29, 0.717) is 0 Å². The molecule has 10 rings (SSSR count). The number of hydrogen-bond acceptors (Lipinski definition) is 1. The van der Waals surface area contributed by atoms with E-state index in [1.165, 1.54) is 66.4 Å². The van der Waals surface area contributed by atoms with Crippen LogP contribution in [-0.2, 0) is 5.41 Å². The first-order valence-corrected chi connectivity index (χ1v) is 17.3. The van der Waals surface area contributed by atoms with Crippen molar-refractivity contribution in [3.63, 3.8) is 0 Å².